The molecular weight excluding hydrogens is 416 g/mol. The second kappa shape index (κ2) is 11.0. The number of carbonyl (C=O) groups excluding carboxylic acids is 3. The number of carbonyl (C=O) groups is 3. The average Bonchev–Trinajstić information content (AvgIpc) is 3.03. The van der Waals surface area contributed by atoms with Crippen LogP contribution in [0.15, 0.2) is 36.5 Å². The Labute approximate surface area is 186 Å². The van der Waals surface area contributed by atoms with Crippen LogP contribution in [0, 0.1) is 0 Å². The van der Waals surface area contributed by atoms with E-state index in [0.29, 0.717) is 5.69 Å². The molecule has 11 nitrogen and oxygen atoms in total. The minimum absolute atomic E-state index is 0.0179. The fourth-order valence-electron chi connectivity index (χ4n) is 2.55. The highest BCUT2D eigenvalue weighted by atomic mass is 16.6. The van der Waals surface area contributed by atoms with Crippen molar-refractivity contribution in [1.29, 1.82) is 0 Å². The molecule has 32 heavy (non-hydrogen) atoms. The van der Waals surface area contributed by atoms with Gasteiger partial charge in [0.05, 0.1) is 12.8 Å². The lowest BCUT2D eigenvalue weighted by atomic mass is 10.1. The first-order valence-electron chi connectivity index (χ1n) is 10.1. The summed E-state index contributed by atoms with van der Waals surface area (Å²) in [5.41, 5.74) is 6.49. The summed E-state index contributed by atoms with van der Waals surface area (Å²) in [6.45, 7) is 5.37. The summed E-state index contributed by atoms with van der Waals surface area (Å²) in [6, 6.07) is 8.08. The molecule has 11 heteroatoms. The number of nitrogen functional groups attached to an aromatic ring is 1. The van der Waals surface area contributed by atoms with Crippen LogP contribution in [-0.2, 0) is 27.9 Å². The van der Waals surface area contributed by atoms with Crippen LogP contribution in [0.5, 0.6) is 0 Å². The fraction of sp³-hybridized carbons (Fsp3) is 0.429. The molecule has 5 N–H and O–H groups in total. The highest BCUT2D eigenvalue weighted by Gasteiger charge is 2.24. The largest absolute Gasteiger partial charge is 0.449 e. The standard InChI is InChI=1S/C21H30N6O5/c1-21(2,3)26-20(30)31-11-10-15(18(28)24-16-12-23-27(4)17(16)22)25-19(29)32-13-14-8-6-5-7-9-14/h5-9,12,15H,10-11,13,22H2,1-4H3,(H,24,28)(H,25,29)(H,26,30)/t15-/m0/s1. The van der Waals surface area contributed by atoms with Crippen molar-refractivity contribution in [2.45, 2.75) is 45.4 Å². The van der Waals surface area contributed by atoms with Crippen LogP contribution < -0.4 is 21.7 Å². The molecule has 0 saturated carbocycles. The molecule has 2 aromatic rings. The van der Waals surface area contributed by atoms with Crippen molar-refractivity contribution in [2.75, 3.05) is 17.7 Å². The SMILES string of the molecule is Cn1ncc(NC(=O)[C@H](CCOC(=O)NC(C)(C)C)NC(=O)OCc2ccccc2)c1N. The summed E-state index contributed by atoms with van der Waals surface area (Å²) in [6.07, 6.45) is 0.00193. The quantitative estimate of drug-likeness (QED) is 0.485. The third kappa shape index (κ3) is 8.17. The van der Waals surface area contributed by atoms with Crippen molar-refractivity contribution < 1.29 is 23.9 Å². The molecule has 0 spiro atoms. The minimum atomic E-state index is -1.04. The van der Waals surface area contributed by atoms with E-state index in [9.17, 15) is 14.4 Å². The number of alkyl carbamates (subject to hydrolysis) is 2. The zero-order valence-corrected chi connectivity index (χ0v) is 18.7. The Kier molecular flexibility index (Phi) is 8.45. The van der Waals surface area contributed by atoms with Crippen molar-refractivity contribution in [3.8, 4) is 0 Å². The molecule has 1 aromatic carbocycles. The summed E-state index contributed by atoms with van der Waals surface area (Å²) < 4.78 is 11.7. The number of hydrogen-bond donors (Lipinski definition) is 4. The van der Waals surface area contributed by atoms with Crippen molar-refractivity contribution >= 4 is 29.6 Å². The number of aryl methyl sites for hydroxylation is 1. The Morgan fingerprint density at radius 2 is 1.81 bits per heavy atom. The van der Waals surface area contributed by atoms with Gasteiger partial charge in [0.1, 0.15) is 24.2 Å². The van der Waals surface area contributed by atoms with Crippen molar-refractivity contribution in [1.82, 2.24) is 20.4 Å². The van der Waals surface area contributed by atoms with Gasteiger partial charge in [-0.15, -0.1) is 0 Å². The van der Waals surface area contributed by atoms with Crippen LogP contribution in [0.2, 0.25) is 0 Å². The Hall–Kier alpha value is -3.76. The lowest BCUT2D eigenvalue weighted by Gasteiger charge is -2.21. The first-order chi connectivity index (χ1) is 15.0. The summed E-state index contributed by atoms with van der Waals surface area (Å²) >= 11 is 0. The van der Waals surface area contributed by atoms with Gasteiger partial charge >= 0.3 is 12.2 Å². The Morgan fingerprint density at radius 1 is 1.12 bits per heavy atom. The normalized spacial score (nSPS) is 11.9. The number of rotatable bonds is 8. The van der Waals surface area contributed by atoms with Crippen LogP contribution >= 0.6 is 0 Å². The lowest BCUT2D eigenvalue weighted by molar-refractivity contribution is -0.118. The third-order valence-electron chi connectivity index (χ3n) is 4.18. The molecule has 1 aromatic heterocycles. The molecule has 0 fully saturated rings. The number of benzene rings is 1. The van der Waals surface area contributed by atoms with E-state index >= 15 is 0 Å². The van der Waals surface area contributed by atoms with E-state index in [4.69, 9.17) is 15.2 Å². The van der Waals surface area contributed by atoms with E-state index < -0.39 is 29.7 Å². The number of amides is 3. The van der Waals surface area contributed by atoms with E-state index in [2.05, 4.69) is 21.0 Å². The second-order valence-corrected chi connectivity index (χ2v) is 8.11. The Bertz CT molecular complexity index is 923. The van der Waals surface area contributed by atoms with E-state index in [1.165, 1.54) is 10.9 Å². The molecule has 0 unspecified atom stereocenters. The zero-order chi connectivity index (χ0) is 23.7. The maximum absolute atomic E-state index is 12.8. The Balaban J connectivity index is 1.97. The zero-order valence-electron chi connectivity index (χ0n) is 18.7. The number of anilines is 2. The molecule has 0 aliphatic heterocycles. The summed E-state index contributed by atoms with van der Waals surface area (Å²) in [7, 11) is 1.63. The van der Waals surface area contributed by atoms with E-state index in [1.54, 1.807) is 7.05 Å². The molecule has 3 amide bonds. The first-order valence-corrected chi connectivity index (χ1v) is 10.1. The van der Waals surface area contributed by atoms with Gasteiger partial charge in [-0.1, -0.05) is 30.3 Å². The molecule has 1 atom stereocenters. The predicted octanol–water partition coefficient (Wildman–Crippen LogP) is 2.15. The molecule has 2 rings (SSSR count). The second-order valence-electron chi connectivity index (χ2n) is 8.11. The number of nitrogens with zero attached hydrogens (tertiary/aromatic N) is 2. The number of ether oxygens (including phenoxy) is 2. The summed E-state index contributed by atoms with van der Waals surface area (Å²) in [5.74, 6) is -0.300. The van der Waals surface area contributed by atoms with Crippen LogP contribution in [0.3, 0.4) is 0 Å². The number of nitrogens with one attached hydrogen (secondary N) is 3. The number of nitrogens with two attached hydrogens (primary N) is 1. The fourth-order valence-corrected chi connectivity index (χ4v) is 2.55. The van der Waals surface area contributed by atoms with Gasteiger partial charge in [-0.05, 0) is 26.3 Å². The maximum Gasteiger partial charge on any atom is 0.408 e. The molecular formula is C21H30N6O5. The highest BCUT2D eigenvalue weighted by molar-refractivity contribution is 5.98. The van der Waals surface area contributed by atoms with Gasteiger partial charge in [-0.3, -0.25) is 9.48 Å². The summed E-state index contributed by atoms with van der Waals surface area (Å²) in [5, 5.41) is 11.7. The third-order valence-corrected chi connectivity index (χ3v) is 4.18. The first kappa shape index (κ1) is 24.5. The van der Waals surface area contributed by atoms with Crippen molar-refractivity contribution in [3.63, 3.8) is 0 Å². The lowest BCUT2D eigenvalue weighted by Crippen LogP contribution is -2.45. The van der Waals surface area contributed by atoms with Gasteiger partial charge in [0.25, 0.3) is 0 Å². The average molecular weight is 447 g/mol. The minimum Gasteiger partial charge on any atom is -0.449 e. The smallest absolute Gasteiger partial charge is 0.408 e. The molecule has 174 valence electrons. The number of aromatic nitrogens is 2. The van der Waals surface area contributed by atoms with Crippen LogP contribution in [0.25, 0.3) is 0 Å². The number of hydrogen-bond acceptors (Lipinski definition) is 7. The molecule has 0 aliphatic rings. The van der Waals surface area contributed by atoms with Crippen molar-refractivity contribution in [2.24, 2.45) is 7.05 Å². The van der Waals surface area contributed by atoms with Gasteiger partial charge in [0.15, 0.2) is 0 Å². The van der Waals surface area contributed by atoms with Crippen LogP contribution in [-0.4, -0.2) is 46.1 Å². The molecule has 0 bridgehead atoms. The van der Waals surface area contributed by atoms with E-state index in [-0.39, 0.29) is 25.5 Å². The van der Waals surface area contributed by atoms with E-state index in [1.807, 2.05) is 51.1 Å². The predicted molar refractivity (Wildman–Crippen MR) is 119 cm³/mol. The van der Waals surface area contributed by atoms with Gasteiger partial charge < -0.3 is 31.2 Å². The van der Waals surface area contributed by atoms with Gasteiger partial charge in [0, 0.05) is 19.0 Å². The van der Waals surface area contributed by atoms with Crippen LogP contribution in [0.1, 0.15) is 32.8 Å². The van der Waals surface area contributed by atoms with E-state index in [0.717, 1.165) is 5.56 Å². The maximum atomic E-state index is 12.8. The molecule has 0 saturated heterocycles. The topological polar surface area (TPSA) is 150 Å². The molecule has 0 aliphatic carbocycles. The molecule has 0 radical (unpaired) electrons. The van der Waals surface area contributed by atoms with Gasteiger partial charge in [-0.25, -0.2) is 9.59 Å². The van der Waals surface area contributed by atoms with Crippen LogP contribution in [0.4, 0.5) is 21.1 Å². The highest BCUT2D eigenvalue weighted by Crippen LogP contribution is 2.16. The Morgan fingerprint density at radius 3 is 2.41 bits per heavy atom. The van der Waals surface area contributed by atoms with Gasteiger partial charge in [-0.2, -0.15) is 5.10 Å². The summed E-state index contributed by atoms with van der Waals surface area (Å²) in [4.78, 5) is 36.9. The molecule has 1 heterocycles. The monoisotopic (exact) mass is 446 g/mol. The van der Waals surface area contributed by atoms with Gasteiger partial charge in [0.2, 0.25) is 5.91 Å². The van der Waals surface area contributed by atoms with Crippen molar-refractivity contribution in [3.05, 3.63) is 42.1 Å².